The molecule has 0 bridgehead atoms. The Morgan fingerprint density at radius 2 is 2.14 bits per heavy atom. The van der Waals surface area contributed by atoms with Crippen molar-refractivity contribution in [2.24, 2.45) is 0 Å². The molecule has 1 saturated heterocycles. The van der Waals surface area contributed by atoms with Crippen molar-refractivity contribution in [3.05, 3.63) is 60.0 Å². The highest BCUT2D eigenvalue weighted by molar-refractivity contribution is 5.92. The lowest BCUT2D eigenvalue weighted by atomic mass is 9.94. The second-order valence-corrected chi connectivity index (χ2v) is 7.57. The number of oxazole rings is 1. The molecule has 7 heteroatoms. The molecule has 1 aliphatic heterocycles. The van der Waals surface area contributed by atoms with E-state index in [4.69, 9.17) is 9.40 Å². The number of amides is 1. The normalized spacial score (nSPS) is 17.3. The average molecular weight is 379 g/mol. The lowest BCUT2D eigenvalue weighted by Crippen LogP contribution is -2.39. The quantitative estimate of drug-likeness (QED) is 0.691. The summed E-state index contributed by atoms with van der Waals surface area (Å²) in [6.07, 6.45) is 7.16. The molecule has 4 heterocycles. The van der Waals surface area contributed by atoms with Crippen molar-refractivity contribution in [2.75, 3.05) is 13.1 Å². The van der Waals surface area contributed by atoms with Crippen LogP contribution in [0.25, 0.3) is 5.82 Å². The molecule has 1 fully saturated rings. The Bertz CT molecular complexity index is 975. The first-order valence-corrected chi connectivity index (χ1v) is 9.75. The van der Waals surface area contributed by atoms with Gasteiger partial charge in [-0.3, -0.25) is 9.36 Å². The van der Waals surface area contributed by atoms with E-state index in [2.05, 4.69) is 23.8 Å². The summed E-state index contributed by atoms with van der Waals surface area (Å²) in [4.78, 5) is 28.1. The summed E-state index contributed by atoms with van der Waals surface area (Å²) in [6, 6.07) is 6.08. The zero-order valence-electron chi connectivity index (χ0n) is 16.5. The van der Waals surface area contributed by atoms with E-state index in [0.29, 0.717) is 24.0 Å². The summed E-state index contributed by atoms with van der Waals surface area (Å²) in [6.45, 7) is 7.37. The molecule has 1 amide bonds. The van der Waals surface area contributed by atoms with Crippen molar-refractivity contribution in [1.82, 2.24) is 24.4 Å². The van der Waals surface area contributed by atoms with Gasteiger partial charge in [-0.05, 0) is 25.0 Å². The highest BCUT2D eigenvalue weighted by Crippen LogP contribution is 2.27. The standard InChI is InChI=1S/C21H25N5O2/c1-14(2)20-22-9-11-26(20)19-8-4-7-17(24-19)16-6-5-10-25(12-16)21(27)18-13-28-15(3)23-18/h4,7-9,11,13-14,16H,5-6,10,12H2,1-3H3/t16-/m1/s1. The van der Waals surface area contributed by atoms with Gasteiger partial charge in [0.15, 0.2) is 11.6 Å². The van der Waals surface area contributed by atoms with Gasteiger partial charge in [-0.15, -0.1) is 0 Å². The van der Waals surface area contributed by atoms with E-state index < -0.39 is 0 Å². The maximum Gasteiger partial charge on any atom is 0.275 e. The van der Waals surface area contributed by atoms with Crippen LogP contribution >= 0.6 is 0 Å². The van der Waals surface area contributed by atoms with Crippen molar-refractivity contribution >= 4 is 5.91 Å². The predicted octanol–water partition coefficient (Wildman–Crippen LogP) is 3.71. The number of likely N-dealkylation sites (tertiary alicyclic amines) is 1. The molecule has 7 nitrogen and oxygen atoms in total. The molecule has 3 aromatic heterocycles. The lowest BCUT2D eigenvalue weighted by Gasteiger charge is -2.32. The van der Waals surface area contributed by atoms with Gasteiger partial charge in [-0.2, -0.15) is 0 Å². The van der Waals surface area contributed by atoms with Crippen molar-refractivity contribution < 1.29 is 9.21 Å². The fraction of sp³-hybridized carbons (Fsp3) is 0.429. The number of hydrogen-bond donors (Lipinski definition) is 0. The molecule has 0 saturated carbocycles. The molecular formula is C21H25N5O2. The topological polar surface area (TPSA) is 77.1 Å². The third-order valence-electron chi connectivity index (χ3n) is 5.15. The Morgan fingerprint density at radius 1 is 1.29 bits per heavy atom. The molecule has 28 heavy (non-hydrogen) atoms. The number of carbonyl (C=O) groups excluding carboxylic acids is 1. The molecule has 0 aliphatic carbocycles. The largest absolute Gasteiger partial charge is 0.448 e. The fourth-order valence-corrected chi connectivity index (χ4v) is 3.76. The number of rotatable bonds is 4. The number of carbonyl (C=O) groups is 1. The van der Waals surface area contributed by atoms with Crippen LogP contribution in [0, 0.1) is 6.92 Å². The van der Waals surface area contributed by atoms with Gasteiger partial charge in [0.25, 0.3) is 5.91 Å². The number of pyridine rings is 1. The minimum atomic E-state index is -0.0746. The van der Waals surface area contributed by atoms with Crippen LogP contribution in [0.4, 0.5) is 0 Å². The number of aryl methyl sites for hydroxylation is 1. The SMILES string of the molecule is Cc1nc(C(=O)N2CCC[C@@H](c3cccc(-n4ccnc4C(C)C)n3)C2)co1. The van der Waals surface area contributed by atoms with Gasteiger partial charge in [-0.1, -0.05) is 19.9 Å². The number of aromatic nitrogens is 4. The van der Waals surface area contributed by atoms with Gasteiger partial charge in [-0.25, -0.2) is 15.0 Å². The third kappa shape index (κ3) is 3.56. The van der Waals surface area contributed by atoms with Crippen molar-refractivity contribution in [3.63, 3.8) is 0 Å². The molecular weight excluding hydrogens is 354 g/mol. The first-order chi connectivity index (χ1) is 13.5. The van der Waals surface area contributed by atoms with Crippen molar-refractivity contribution in [2.45, 2.75) is 45.4 Å². The highest BCUT2D eigenvalue weighted by Gasteiger charge is 2.28. The number of nitrogens with zero attached hydrogens (tertiary/aromatic N) is 5. The predicted molar refractivity (Wildman–Crippen MR) is 105 cm³/mol. The first kappa shape index (κ1) is 18.4. The second-order valence-electron chi connectivity index (χ2n) is 7.57. The lowest BCUT2D eigenvalue weighted by molar-refractivity contribution is 0.0700. The van der Waals surface area contributed by atoms with E-state index in [0.717, 1.165) is 36.7 Å². The van der Waals surface area contributed by atoms with Crippen molar-refractivity contribution in [1.29, 1.82) is 0 Å². The van der Waals surface area contributed by atoms with Crippen LogP contribution in [0.1, 0.15) is 66.4 Å². The van der Waals surface area contributed by atoms with Crippen LogP contribution in [-0.2, 0) is 0 Å². The van der Waals surface area contributed by atoms with E-state index >= 15 is 0 Å². The van der Waals surface area contributed by atoms with Gasteiger partial charge in [0.1, 0.15) is 17.9 Å². The fourth-order valence-electron chi connectivity index (χ4n) is 3.76. The van der Waals surface area contributed by atoms with Gasteiger partial charge in [0.05, 0.1) is 0 Å². The zero-order valence-corrected chi connectivity index (χ0v) is 16.5. The van der Waals surface area contributed by atoms with Crippen LogP contribution < -0.4 is 0 Å². The number of hydrogen-bond acceptors (Lipinski definition) is 5. The summed E-state index contributed by atoms with van der Waals surface area (Å²) < 4.78 is 7.24. The second kappa shape index (κ2) is 7.58. The molecule has 146 valence electrons. The molecule has 0 radical (unpaired) electrons. The van der Waals surface area contributed by atoms with Gasteiger partial charge < -0.3 is 9.32 Å². The molecule has 1 aliphatic rings. The number of imidazole rings is 1. The molecule has 0 aromatic carbocycles. The van der Waals surface area contributed by atoms with E-state index in [-0.39, 0.29) is 11.8 Å². The molecule has 0 spiro atoms. The Morgan fingerprint density at radius 3 is 2.89 bits per heavy atom. The monoisotopic (exact) mass is 379 g/mol. The van der Waals surface area contributed by atoms with Crippen LogP contribution in [0.5, 0.6) is 0 Å². The van der Waals surface area contributed by atoms with E-state index in [1.165, 1.54) is 6.26 Å². The molecule has 0 unspecified atom stereocenters. The van der Waals surface area contributed by atoms with Gasteiger partial charge in [0, 0.05) is 49.9 Å². The van der Waals surface area contributed by atoms with Crippen LogP contribution in [0.15, 0.2) is 41.3 Å². The molecule has 1 atom stereocenters. The highest BCUT2D eigenvalue weighted by atomic mass is 16.3. The third-order valence-corrected chi connectivity index (χ3v) is 5.15. The Balaban J connectivity index is 1.56. The molecule has 3 aromatic rings. The zero-order chi connectivity index (χ0) is 19.7. The van der Waals surface area contributed by atoms with Gasteiger partial charge in [0.2, 0.25) is 0 Å². The Hall–Kier alpha value is -2.96. The summed E-state index contributed by atoms with van der Waals surface area (Å²) in [5.74, 6) is 2.81. The molecule has 4 rings (SSSR count). The minimum Gasteiger partial charge on any atom is -0.448 e. The van der Waals surface area contributed by atoms with E-state index in [1.54, 1.807) is 6.92 Å². The average Bonchev–Trinajstić information content (AvgIpc) is 3.37. The van der Waals surface area contributed by atoms with Crippen LogP contribution in [-0.4, -0.2) is 43.4 Å². The summed E-state index contributed by atoms with van der Waals surface area (Å²) in [5, 5.41) is 0. The van der Waals surface area contributed by atoms with Crippen LogP contribution in [0.3, 0.4) is 0 Å². The van der Waals surface area contributed by atoms with Crippen molar-refractivity contribution in [3.8, 4) is 5.82 Å². The Labute approximate surface area is 164 Å². The first-order valence-electron chi connectivity index (χ1n) is 9.75. The van der Waals surface area contributed by atoms with E-state index in [9.17, 15) is 4.79 Å². The summed E-state index contributed by atoms with van der Waals surface area (Å²) >= 11 is 0. The Kier molecular flexibility index (Phi) is 4.98. The maximum atomic E-state index is 12.7. The summed E-state index contributed by atoms with van der Waals surface area (Å²) in [5.41, 5.74) is 1.38. The summed E-state index contributed by atoms with van der Waals surface area (Å²) in [7, 11) is 0. The number of piperidine rings is 1. The minimum absolute atomic E-state index is 0.0746. The van der Waals surface area contributed by atoms with Crippen LogP contribution in [0.2, 0.25) is 0 Å². The maximum absolute atomic E-state index is 12.7. The smallest absolute Gasteiger partial charge is 0.275 e. The molecule has 0 N–H and O–H groups in total. The van der Waals surface area contributed by atoms with Gasteiger partial charge >= 0.3 is 0 Å². The van der Waals surface area contributed by atoms with E-state index in [1.807, 2.05) is 40.1 Å².